The van der Waals surface area contributed by atoms with E-state index in [0.717, 1.165) is 22.6 Å². The fraction of sp³-hybridized carbons (Fsp3) is 0.240. The number of aromatic nitrogens is 1. The van der Waals surface area contributed by atoms with Crippen LogP contribution in [0.2, 0.25) is 0 Å². The lowest BCUT2D eigenvalue weighted by molar-refractivity contribution is -0.117. The molecule has 3 amide bonds. The summed E-state index contributed by atoms with van der Waals surface area (Å²) in [6, 6.07) is 14.3. The van der Waals surface area contributed by atoms with Crippen molar-refractivity contribution < 1.29 is 23.9 Å². The second kappa shape index (κ2) is 9.70. The number of nitrogens with zero attached hydrogens (tertiary/aromatic N) is 1. The molecule has 2 heterocycles. The lowest BCUT2D eigenvalue weighted by atomic mass is 10.1. The van der Waals surface area contributed by atoms with Crippen molar-refractivity contribution >= 4 is 17.7 Å². The monoisotopic (exact) mass is 462 g/mol. The topological polar surface area (TPSA) is 125 Å². The van der Waals surface area contributed by atoms with Gasteiger partial charge in [-0.3, -0.25) is 14.4 Å². The third-order valence-electron chi connectivity index (χ3n) is 5.55. The normalized spacial score (nSPS) is 12.2. The van der Waals surface area contributed by atoms with E-state index in [1.165, 1.54) is 0 Å². The first-order valence-electron chi connectivity index (χ1n) is 10.9. The van der Waals surface area contributed by atoms with E-state index in [0.29, 0.717) is 42.4 Å². The lowest BCUT2D eigenvalue weighted by Crippen LogP contribution is -2.33. The Labute approximate surface area is 196 Å². The highest BCUT2D eigenvalue weighted by Crippen LogP contribution is 2.33. The summed E-state index contributed by atoms with van der Waals surface area (Å²) in [5.41, 5.74) is 9.48. The highest BCUT2D eigenvalue weighted by Gasteiger charge is 2.19. The van der Waals surface area contributed by atoms with Crippen molar-refractivity contribution in [3.63, 3.8) is 0 Å². The van der Waals surface area contributed by atoms with Gasteiger partial charge in [0.1, 0.15) is 13.2 Å². The SMILES string of the molecule is Cc1cc(C(=O)NCc2ccc(C(=O)NCC(N)=O)cc2)c(C)n1-c1ccc2c(c1)OCCO2. The van der Waals surface area contributed by atoms with Crippen LogP contribution in [-0.2, 0) is 11.3 Å². The lowest BCUT2D eigenvalue weighted by Gasteiger charge is -2.20. The number of amides is 3. The molecule has 1 aromatic heterocycles. The number of fused-ring (bicyclic) bond motifs is 1. The van der Waals surface area contributed by atoms with Crippen molar-refractivity contribution in [1.82, 2.24) is 15.2 Å². The Morgan fingerprint density at radius 3 is 2.32 bits per heavy atom. The summed E-state index contributed by atoms with van der Waals surface area (Å²) in [7, 11) is 0. The van der Waals surface area contributed by atoms with Crippen molar-refractivity contribution in [3.8, 4) is 17.2 Å². The van der Waals surface area contributed by atoms with Crippen molar-refractivity contribution in [3.05, 3.63) is 76.6 Å². The van der Waals surface area contributed by atoms with Crippen LogP contribution >= 0.6 is 0 Å². The van der Waals surface area contributed by atoms with Crippen LogP contribution in [0.15, 0.2) is 48.5 Å². The Bertz CT molecular complexity index is 1250. The summed E-state index contributed by atoms with van der Waals surface area (Å²) < 4.78 is 13.3. The molecular formula is C25H26N4O5. The van der Waals surface area contributed by atoms with E-state index in [4.69, 9.17) is 15.2 Å². The summed E-state index contributed by atoms with van der Waals surface area (Å²) in [5, 5.41) is 5.36. The van der Waals surface area contributed by atoms with Crippen LogP contribution in [-0.4, -0.2) is 42.0 Å². The predicted molar refractivity (Wildman–Crippen MR) is 125 cm³/mol. The van der Waals surface area contributed by atoms with Crippen LogP contribution in [0.5, 0.6) is 11.5 Å². The van der Waals surface area contributed by atoms with E-state index >= 15 is 0 Å². The van der Waals surface area contributed by atoms with Crippen LogP contribution in [0.25, 0.3) is 5.69 Å². The average Bonchev–Trinajstić information content (AvgIpc) is 3.14. The third-order valence-corrected chi connectivity index (χ3v) is 5.55. The first-order chi connectivity index (χ1) is 16.3. The molecule has 0 spiro atoms. The van der Waals surface area contributed by atoms with Gasteiger partial charge in [0.2, 0.25) is 5.91 Å². The molecule has 0 fully saturated rings. The summed E-state index contributed by atoms with van der Waals surface area (Å²) in [6.07, 6.45) is 0. The first-order valence-corrected chi connectivity index (χ1v) is 10.9. The molecule has 0 bridgehead atoms. The Balaban J connectivity index is 1.43. The maximum Gasteiger partial charge on any atom is 0.253 e. The van der Waals surface area contributed by atoms with Gasteiger partial charge in [-0.2, -0.15) is 0 Å². The van der Waals surface area contributed by atoms with Gasteiger partial charge in [-0.1, -0.05) is 12.1 Å². The van der Waals surface area contributed by atoms with Gasteiger partial charge in [0, 0.05) is 35.2 Å². The van der Waals surface area contributed by atoms with Gasteiger partial charge < -0.3 is 30.4 Å². The summed E-state index contributed by atoms with van der Waals surface area (Å²) >= 11 is 0. The van der Waals surface area contributed by atoms with E-state index in [-0.39, 0.29) is 18.4 Å². The number of nitrogens with two attached hydrogens (primary N) is 1. The minimum atomic E-state index is -0.610. The average molecular weight is 463 g/mol. The molecule has 176 valence electrons. The van der Waals surface area contributed by atoms with Crippen molar-refractivity contribution in [2.75, 3.05) is 19.8 Å². The fourth-order valence-electron chi connectivity index (χ4n) is 3.88. The van der Waals surface area contributed by atoms with Gasteiger partial charge in [-0.15, -0.1) is 0 Å². The van der Waals surface area contributed by atoms with Gasteiger partial charge in [-0.25, -0.2) is 0 Å². The van der Waals surface area contributed by atoms with Crippen LogP contribution in [0, 0.1) is 13.8 Å². The molecule has 1 aliphatic heterocycles. The molecule has 1 aliphatic rings. The van der Waals surface area contributed by atoms with Gasteiger partial charge in [0.25, 0.3) is 11.8 Å². The molecule has 0 saturated carbocycles. The van der Waals surface area contributed by atoms with Crippen molar-refractivity contribution in [2.24, 2.45) is 5.73 Å². The molecule has 3 aromatic rings. The smallest absolute Gasteiger partial charge is 0.253 e. The molecule has 4 rings (SSSR count). The molecule has 9 nitrogen and oxygen atoms in total. The number of rotatable bonds is 7. The van der Waals surface area contributed by atoms with Crippen LogP contribution < -0.4 is 25.8 Å². The fourth-order valence-corrected chi connectivity index (χ4v) is 3.88. The minimum absolute atomic E-state index is 0.194. The quantitative estimate of drug-likeness (QED) is 0.495. The van der Waals surface area contributed by atoms with Crippen molar-refractivity contribution in [2.45, 2.75) is 20.4 Å². The minimum Gasteiger partial charge on any atom is -0.486 e. The Hall–Kier alpha value is -4.27. The number of carbonyl (C=O) groups excluding carboxylic acids is 3. The van der Waals surface area contributed by atoms with E-state index in [1.807, 2.05) is 42.7 Å². The second-order valence-corrected chi connectivity index (χ2v) is 7.98. The molecule has 0 aliphatic carbocycles. The predicted octanol–water partition coefficient (Wildman–Crippen LogP) is 2.01. The number of primary amides is 1. The number of benzene rings is 2. The van der Waals surface area contributed by atoms with Crippen LogP contribution in [0.4, 0.5) is 0 Å². The number of nitrogens with one attached hydrogen (secondary N) is 2. The van der Waals surface area contributed by atoms with E-state index in [2.05, 4.69) is 10.6 Å². The number of carbonyl (C=O) groups is 3. The van der Waals surface area contributed by atoms with Gasteiger partial charge in [0.15, 0.2) is 11.5 Å². The largest absolute Gasteiger partial charge is 0.486 e. The second-order valence-electron chi connectivity index (χ2n) is 7.98. The Kier molecular flexibility index (Phi) is 6.53. The standard InChI is InChI=1S/C25H26N4O5/c1-15-11-20(16(2)29(15)19-7-8-21-22(12-19)34-10-9-33-21)25(32)27-13-17-3-5-18(6-4-17)24(31)28-14-23(26)30/h3-8,11-12H,9-10,13-14H2,1-2H3,(H2,26,30)(H,27,32)(H,28,31). The van der Waals surface area contributed by atoms with Gasteiger partial charge in [0.05, 0.1) is 12.1 Å². The highest BCUT2D eigenvalue weighted by atomic mass is 16.6. The number of hydrogen-bond donors (Lipinski definition) is 3. The Morgan fingerprint density at radius 2 is 1.62 bits per heavy atom. The molecule has 0 radical (unpaired) electrons. The molecule has 4 N–H and O–H groups in total. The number of hydrogen-bond acceptors (Lipinski definition) is 5. The molecule has 34 heavy (non-hydrogen) atoms. The molecule has 2 aromatic carbocycles. The summed E-state index contributed by atoms with van der Waals surface area (Å²) in [4.78, 5) is 35.7. The van der Waals surface area contributed by atoms with E-state index in [1.54, 1.807) is 24.3 Å². The molecular weight excluding hydrogens is 436 g/mol. The van der Waals surface area contributed by atoms with E-state index in [9.17, 15) is 14.4 Å². The summed E-state index contributed by atoms with van der Waals surface area (Å²) in [6.45, 7) is 4.97. The third kappa shape index (κ3) is 4.88. The maximum atomic E-state index is 12.9. The molecule has 0 saturated heterocycles. The molecule has 9 heteroatoms. The zero-order valence-electron chi connectivity index (χ0n) is 19.0. The Morgan fingerprint density at radius 1 is 0.912 bits per heavy atom. The summed E-state index contributed by atoms with van der Waals surface area (Å²) in [5.74, 6) is 0.211. The van der Waals surface area contributed by atoms with Crippen molar-refractivity contribution in [1.29, 1.82) is 0 Å². The zero-order valence-corrected chi connectivity index (χ0v) is 19.0. The zero-order chi connectivity index (χ0) is 24.2. The first kappa shape index (κ1) is 22.9. The van der Waals surface area contributed by atoms with E-state index < -0.39 is 5.91 Å². The van der Waals surface area contributed by atoms with Crippen LogP contribution in [0.3, 0.4) is 0 Å². The number of aryl methyl sites for hydroxylation is 1. The van der Waals surface area contributed by atoms with Gasteiger partial charge in [-0.05, 0) is 49.7 Å². The maximum absolute atomic E-state index is 12.9. The molecule has 0 unspecified atom stereocenters. The van der Waals surface area contributed by atoms with Gasteiger partial charge >= 0.3 is 0 Å². The molecule has 0 atom stereocenters. The number of ether oxygens (including phenoxy) is 2. The highest BCUT2D eigenvalue weighted by molar-refractivity contribution is 5.97. The van der Waals surface area contributed by atoms with Crippen LogP contribution in [0.1, 0.15) is 37.7 Å².